The highest BCUT2D eigenvalue weighted by Crippen LogP contribution is 2.25. The van der Waals surface area contributed by atoms with E-state index in [1.165, 1.54) is 12.3 Å². The SMILES string of the molecule is N#Cc1c[nH]c2nccc(Cc3ccc(Nc4ccnc(N)n4)cc3F)c12. The number of benzene rings is 1. The van der Waals surface area contributed by atoms with Crippen LogP contribution in [0.2, 0.25) is 0 Å². The van der Waals surface area contributed by atoms with Crippen LogP contribution >= 0.6 is 0 Å². The summed E-state index contributed by atoms with van der Waals surface area (Å²) < 4.78 is 14.6. The van der Waals surface area contributed by atoms with Crippen LogP contribution in [0.5, 0.6) is 0 Å². The summed E-state index contributed by atoms with van der Waals surface area (Å²) in [6, 6.07) is 10.4. The van der Waals surface area contributed by atoms with Crippen LogP contribution in [0.3, 0.4) is 0 Å². The molecule has 0 saturated heterocycles. The number of H-pyrrole nitrogens is 1. The van der Waals surface area contributed by atoms with E-state index in [9.17, 15) is 9.65 Å². The van der Waals surface area contributed by atoms with Crippen LogP contribution in [0.4, 0.5) is 21.8 Å². The molecule has 0 unspecified atom stereocenters. The molecule has 27 heavy (non-hydrogen) atoms. The maximum Gasteiger partial charge on any atom is 0.221 e. The maximum absolute atomic E-state index is 14.6. The lowest BCUT2D eigenvalue weighted by molar-refractivity contribution is 0.615. The number of fused-ring (bicyclic) bond motifs is 1. The van der Waals surface area contributed by atoms with Crippen LogP contribution < -0.4 is 11.1 Å². The Labute approximate surface area is 153 Å². The Bertz CT molecular complexity index is 1180. The van der Waals surface area contributed by atoms with Gasteiger partial charge in [-0.2, -0.15) is 10.2 Å². The van der Waals surface area contributed by atoms with E-state index in [0.29, 0.717) is 34.7 Å². The lowest BCUT2D eigenvalue weighted by Crippen LogP contribution is -2.00. The van der Waals surface area contributed by atoms with Gasteiger partial charge in [-0.25, -0.2) is 14.4 Å². The number of aromatic nitrogens is 4. The van der Waals surface area contributed by atoms with Gasteiger partial charge in [-0.05, 0) is 35.4 Å². The highest BCUT2D eigenvalue weighted by molar-refractivity contribution is 5.86. The van der Waals surface area contributed by atoms with Crippen molar-refractivity contribution >= 4 is 28.5 Å². The summed E-state index contributed by atoms with van der Waals surface area (Å²) in [4.78, 5) is 15.0. The lowest BCUT2D eigenvalue weighted by Gasteiger charge is -2.09. The van der Waals surface area contributed by atoms with Gasteiger partial charge in [0.25, 0.3) is 0 Å². The molecule has 0 bridgehead atoms. The average Bonchev–Trinajstić information content (AvgIpc) is 3.08. The van der Waals surface area contributed by atoms with Crippen LogP contribution in [0, 0.1) is 17.1 Å². The molecule has 0 spiro atoms. The Kier molecular flexibility index (Phi) is 4.10. The smallest absolute Gasteiger partial charge is 0.221 e. The number of anilines is 3. The van der Waals surface area contributed by atoms with Gasteiger partial charge in [0.1, 0.15) is 23.4 Å². The first-order valence-electron chi connectivity index (χ1n) is 8.13. The summed E-state index contributed by atoms with van der Waals surface area (Å²) in [5.41, 5.74) is 8.55. The van der Waals surface area contributed by atoms with Gasteiger partial charge in [-0.1, -0.05) is 6.07 Å². The minimum absolute atomic E-state index is 0.138. The van der Waals surface area contributed by atoms with E-state index in [-0.39, 0.29) is 11.8 Å². The van der Waals surface area contributed by atoms with Crippen LogP contribution in [0.25, 0.3) is 11.0 Å². The van der Waals surface area contributed by atoms with E-state index in [1.807, 2.05) is 0 Å². The number of nitriles is 1. The van der Waals surface area contributed by atoms with Crippen molar-refractivity contribution in [2.45, 2.75) is 6.42 Å². The Morgan fingerprint density at radius 1 is 1.15 bits per heavy atom. The standard InChI is InChI=1S/C19H14FN7/c20-15-8-14(26-16-4-6-24-19(22)27-16)2-1-11(15)7-12-3-5-23-18-17(12)13(9-21)10-25-18/h1-6,8,10H,7H2,(H,23,25)(H3,22,24,26,27). The van der Waals surface area contributed by atoms with Crippen molar-refractivity contribution in [3.63, 3.8) is 0 Å². The second kappa shape index (κ2) is 6.72. The third-order valence-corrected chi connectivity index (χ3v) is 4.16. The van der Waals surface area contributed by atoms with E-state index in [2.05, 4.69) is 31.3 Å². The molecule has 0 saturated carbocycles. The fourth-order valence-corrected chi connectivity index (χ4v) is 2.92. The molecular weight excluding hydrogens is 345 g/mol. The first kappa shape index (κ1) is 16.5. The zero-order valence-electron chi connectivity index (χ0n) is 14.1. The van der Waals surface area contributed by atoms with Gasteiger partial charge in [0, 0.05) is 36.1 Å². The van der Waals surface area contributed by atoms with Gasteiger partial charge >= 0.3 is 0 Å². The molecular formula is C19H14FN7. The number of halogens is 1. The van der Waals surface area contributed by atoms with Crippen molar-refractivity contribution < 1.29 is 4.39 Å². The maximum atomic E-state index is 14.6. The van der Waals surface area contributed by atoms with Gasteiger partial charge in [-0.15, -0.1) is 0 Å². The van der Waals surface area contributed by atoms with Crippen molar-refractivity contribution in [2.75, 3.05) is 11.1 Å². The molecule has 3 aromatic heterocycles. The Balaban J connectivity index is 1.63. The normalized spacial score (nSPS) is 10.7. The first-order valence-corrected chi connectivity index (χ1v) is 8.13. The molecule has 4 N–H and O–H groups in total. The van der Waals surface area contributed by atoms with Gasteiger partial charge in [-0.3, -0.25) is 0 Å². The Morgan fingerprint density at radius 3 is 2.78 bits per heavy atom. The largest absolute Gasteiger partial charge is 0.368 e. The minimum atomic E-state index is -0.360. The Morgan fingerprint density at radius 2 is 2.00 bits per heavy atom. The molecule has 0 radical (unpaired) electrons. The number of nitrogens with zero attached hydrogens (tertiary/aromatic N) is 4. The van der Waals surface area contributed by atoms with Gasteiger partial charge in [0.15, 0.2) is 0 Å². The molecule has 1 aromatic carbocycles. The molecule has 0 aliphatic carbocycles. The molecule has 0 aliphatic heterocycles. The number of nitrogens with one attached hydrogen (secondary N) is 2. The van der Waals surface area contributed by atoms with Crippen molar-refractivity contribution in [2.24, 2.45) is 0 Å². The molecule has 0 fully saturated rings. The number of pyridine rings is 1. The minimum Gasteiger partial charge on any atom is -0.368 e. The molecule has 132 valence electrons. The predicted molar refractivity (Wildman–Crippen MR) is 99.7 cm³/mol. The number of nitrogen functional groups attached to an aromatic ring is 1. The highest BCUT2D eigenvalue weighted by Gasteiger charge is 2.12. The molecule has 4 rings (SSSR count). The quantitative estimate of drug-likeness (QED) is 0.515. The van der Waals surface area contributed by atoms with Crippen LogP contribution in [0.15, 0.2) is 48.9 Å². The zero-order valence-corrected chi connectivity index (χ0v) is 14.1. The molecule has 3 heterocycles. The highest BCUT2D eigenvalue weighted by atomic mass is 19.1. The summed E-state index contributed by atoms with van der Waals surface area (Å²) in [5, 5.41) is 13.0. The predicted octanol–water partition coefficient (Wildman–Crippen LogP) is 3.28. The average molecular weight is 359 g/mol. The summed E-state index contributed by atoms with van der Waals surface area (Å²) in [6.45, 7) is 0. The summed E-state index contributed by atoms with van der Waals surface area (Å²) in [7, 11) is 0. The van der Waals surface area contributed by atoms with E-state index in [0.717, 1.165) is 10.9 Å². The van der Waals surface area contributed by atoms with E-state index >= 15 is 0 Å². The van der Waals surface area contributed by atoms with Gasteiger partial charge in [0.2, 0.25) is 5.95 Å². The van der Waals surface area contributed by atoms with E-state index in [1.54, 1.807) is 36.7 Å². The number of hydrogen-bond acceptors (Lipinski definition) is 6. The number of rotatable bonds is 4. The molecule has 8 heteroatoms. The number of aromatic amines is 1. The summed E-state index contributed by atoms with van der Waals surface area (Å²) in [5.74, 6) is 0.260. The van der Waals surface area contributed by atoms with Crippen molar-refractivity contribution in [1.82, 2.24) is 19.9 Å². The third-order valence-electron chi connectivity index (χ3n) is 4.16. The second-order valence-electron chi connectivity index (χ2n) is 5.92. The van der Waals surface area contributed by atoms with Crippen LogP contribution in [-0.4, -0.2) is 19.9 Å². The summed E-state index contributed by atoms with van der Waals surface area (Å²) >= 11 is 0. The van der Waals surface area contributed by atoms with Gasteiger partial charge < -0.3 is 16.0 Å². The van der Waals surface area contributed by atoms with Crippen molar-refractivity contribution in [3.05, 3.63) is 71.4 Å². The summed E-state index contributed by atoms with van der Waals surface area (Å²) in [6.07, 6.45) is 5.12. The first-order chi connectivity index (χ1) is 13.1. The van der Waals surface area contributed by atoms with Crippen LogP contribution in [-0.2, 0) is 6.42 Å². The topological polar surface area (TPSA) is 116 Å². The molecule has 4 aromatic rings. The van der Waals surface area contributed by atoms with E-state index < -0.39 is 0 Å². The molecule has 0 amide bonds. The molecule has 0 aliphatic rings. The second-order valence-corrected chi connectivity index (χ2v) is 5.92. The van der Waals surface area contributed by atoms with Gasteiger partial charge in [0.05, 0.1) is 5.56 Å². The fraction of sp³-hybridized carbons (Fsp3) is 0.0526. The monoisotopic (exact) mass is 359 g/mol. The lowest BCUT2D eigenvalue weighted by atomic mass is 10.0. The van der Waals surface area contributed by atoms with Crippen LogP contribution in [0.1, 0.15) is 16.7 Å². The fourth-order valence-electron chi connectivity index (χ4n) is 2.92. The van der Waals surface area contributed by atoms with Crippen molar-refractivity contribution in [3.8, 4) is 6.07 Å². The third kappa shape index (κ3) is 3.26. The zero-order chi connectivity index (χ0) is 18.8. The molecule has 7 nitrogen and oxygen atoms in total. The Hall–Kier alpha value is -3.99. The number of nitrogens with two attached hydrogens (primary N) is 1. The molecule has 0 atom stereocenters. The number of hydrogen-bond donors (Lipinski definition) is 3. The van der Waals surface area contributed by atoms with E-state index in [4.69, 9.17) is 5.73 Å². The van der Waals surface area contributed by atoms with Crippen molar-refractivity contribution in [1.29, 1.82) is 5.26 Å².